The summed E-state index contributed by atoms with van der Waals surface area (Å²) in [7, 11) is 1.75. The maximum atomic E-state index is 11.3. The van der Waals surface area contributed by atoms with Crippen LogP contribution in [-0.4, -0.2) is 36.8 Å². The van der Waals surface area contributed by atoms with Crippen LogP contribution in [0.25, 0.3) is 0 Å². The Balaban J connectivity index is 3.64. The Morgan fingerprint density at radius 3 is 2.54 bits per heavy atom. The van der Waals surface area contributed by atoms with E-state index in [9.17, 15) is 4.79 Å². The van der Waals surface area contributed by atoms with Gasteiger partial charge in [0.25, 0.3) is 0 Å². The second-order valence-electron chi connectivity index (χ2n) is 3.29. The maximum absolute atomic E-state index is 11.3. The second-order valence-corrected chi connectivity index (χ2v) is 3.29. The first kappa shape index (κ1) is 12.4. The molecule has 78 valence electrons. The van der Waals surface area contributed by atoms with Crippen molar-refractivity contribution in [2.75, 3.05) is 13.7 Å². The van der Waals surface area contributed by atoms with E-state index in [2.05, 4.69) is 10.6 Å². The first-order valence-electron chi connectivity index (χ1n) is 4.70. The number of hydrogen-bond donors (Lipinski definition) is 3. The molecule has 0 rings (SSSR count). The van der Waals surface area contributed by atoms with E-state index in [0.29, 0.717) is 0 Å². The van der Waals surface area contributed by atoms with Crippen molar-refractivity contribution < 1.29 is 9.90 Å². The van der Waals surface area contributed by atoms with Crippen molar-refractivity contribution in [3.63, 3.8) is 0 Å². The quantitative estimate of drug-likeness (QED) is 0.544. The van der Waals surface area contributed by atoms with Gasteiger partial charge in [0.15, 0.2) is 0 Å². The van der Waals surface area contributed by atoms with Gasteiger partial charge in [-0.3, -0.25) is 4.79 Å². The Hall–Kier alpha value is -0.610. The smallest absolute Gasteiger partial charge is 0.237 e. The van der Waals surface area contributed by atoms with E-state index in [0.717, 1.165) is 12.8 Å². The predicted octanol–water partition coefficient (Wildman–Crippen LogP) is -0.128. The number of aliphatic hydroxyl groups is 1. The van der Waals surface area contributed by atoms with Crippen LogP contribution in [0.4, 0.5) is 0 Å². The topological polar surface area (TPSA) is 61.4 Å². The summed E-state index contributed by atoms with van der Waals surface area (Å²) >= 11 is 0. The normalized spacial score (nSPS) is 15.1. The molecule has 0 saturated heterocycles. The monoisotopic (exact) mass is 188 g/mol. The van der Waals surface area contributed by atoms with Gasteiger partial charge in [-0.1, -0.05) is 0 Å². The molecule has 0 aromatic rings. The highest BCUT2D eigenvalue weighted by Gasteiger charge is 2.12. The number of nitrogens with one attached hydrogen (secondary N) is 2. The molecule has 0 aliphatic rings. The zero-order valence-electron chi connectivity index (χ0n) is 8.63. The lowest BCUT2D eigenvalue weighted by molar-refractivity contribution is -0.123. The fourth-order valence-corrected chi connectivity index (χ4v) is 0.969. The highest BCUT2D eigenvalue weighted by Crippen LogP contribution is 1.95. The molecule has 0 bridgehead atoms. The van der Waals surface area contributed by atoms with E-state index in [1.54, 1.807) is 7.05 Å². The van der Waals surface area contributed by atoms with E-state index >= 15 is 0 Å². The Bertz CT molecular complexity index is 151. The molecule has 0 fully saturated rings. The number of carbonyl (C=O) groups excluding carboxylic acids is 1. The molecule has 2 unspecified atom stereocenters. The van der Waals surface area contributed by atoms with Gasteiger partial charge in [0, 0.05) is 12.6 Å². The van der Waals surface area contributed by atoms with Crippen LogP contribution in [0, 0.1) is 0 Å². The second kappa shape index (κ2) is 6.86. The highest BCUT2D eigenvalue weighted by atomic mass is 16.2. The molecule has 0 saturated carbocycles. The van der Waals surface area contributed by atoms with Crippen molar-refractivity contribution in [1.29, 1.82) is 0 Å². The molecule has 1 amide bonds. The number of likely N-dealkylation sites (N-methyl/N-ethyl adjacent to an activating group) is 1. The fourth-order valence-electron chi connectivity index (χ4n) is 0.969. The standard InChI is InChI=1S/C9H20N2O2/c1-7(5-4-6-12)11-9(13)8(2)10-3/h7-8,10,12H,4-6H2,1-3H3,(H,11,13). The molecule has 4 heteroatoms. The van der Waals surface area contributed by atoms with Crippen LogP contribution >= 0.6 is 0 Å². The van der Waals surface area contributed by atoms with Gasteiger partial charge < -0.3 is 15.7 Å². The third-order valence-electron chi connectivity index (χ3n) is 2.01. The third-order valence-corrected chi connectivity index (χ3v) is 2.01. The van der Waals surface area contributed by atoms with Crippen molar-refractivity contribution >= 4 is 5.91 Å². The van der Waals surface area contributed by atoms with E-state index in [-0.39, 0.29) is 24.6 Å². The van der Waals surface area contributed by atoms with Gasteiger partial charge in [0.05, 0.1) is 6.04 Å². The van der Waals surface area contributed by atoms with Gasteiger partial charge in [-0.15, -0.1) is 0 Å². The maximum Gasteiger partial charge on any atom is 0.237 e. The SMILES string of the molecule is CNC(C)C(=O)NC(C)CCCO. The molecule has 0 spiro atoms. The lowest BCUT2D eigenvalue weighted by Crippen LogP contribution is -2.44. The molecule has 0 radical (unpaired) electrons. The van der Waals surface area contributed by atoms with Crippen molar-refractivity contribution in [1.82, 2.24) is 10.6 Å². The first-order chi connectivity index (χ1) is 6.11. The molecule has 0 aromatic carbocycles. The average molecular weight is 188 g/mol. The average Bonchev–Trinajstić information content (AvgIpc) is 2.13. The number of rotatable bonds is 6. The summed E-state index contributed by atoms with van der Waals surface area (Å²) < 4.78 is 0. The Morgan fingerprint density at radius 2 is 2.08 bits per heavy atom. The molecule has 0 heterocycles. The van der Waals surface area contributed by atoms with Crippen LogP contribution in [0.15, 0.2) is 0 Å². The lowest BCUT2D eigenvalue weighted by atomic mass is 10.2. The minimum atomic E-state index is -0.156. The van der Waals surface area contributed by atoms with Crippen LogP contribution in [0.1, 0.15) is 26.7 Å². The summed E-state index contributed by atoms with van der Waals surface area (Å²) in [6, 6.07) is -0.0213. The van der Waals surface area contributed by atoms with Gasteiger partial charge in [0.1, 0.15) is 0 Å². The minimum absolute atomic E-state index is 0.00735. The number of carbonyl (C=O) groups is 1. The van der Waals surface area contributed by atoms with Gasteiger partial charge in [-0.2, -0.15) is 0 Å². The van der Waals surface area contributed by atoms with Crippen LogP contribution < -0.4 is 10.6 Å². The number of aliphatic hydroxyl groups excluding tert-OH is 1. The lowest BCUT2D eigenvalue weighted by Gasteiger charge is -2.16. The van der Waals surface area contributed by atoms with Gasteiger partial charge in [0.2, 0.25) is 5.91 Å². The summed E-state index contributed by atoms with van der Waals surface area (Å²) in [6.07, 6.45) is 1.55. The molecule has 4 nitrogen and oxygen atoms in total. The molecule has 3 N–H and O–H groups in total. The van der Waals surface area contributed by atoms with Crippen molar-refractivity contribution in [2.24, 2.45) is 0 Å². The Morgan fingerprint density at radius 1 is 1.46 bits per heavy atom. The molecular weight excluding hydrogens is 168 g/mol. The minimum Gasteiger partial charge on any atom is -0.396 e. The summed E-state index contributed by atoms with van der Waals surface area (Å²) in [5.74, 6) is 0.00735. The van der Waals surface area contributed by atoms with Crippen LogP contribution in [-0.2, 0) is 4.79 Å². The first-order valence-corrected chi connectivity index (χ1v) is 4.70. The third kappa shape index (κ3) is 5.60. The number of hydrogen-bond acceptors (Lipinski definition) is 3. The van der Waals surface area contributed by atoms with Gasteiger partial charge in [-0.25, -0.2) is 0 Å². The van der Waals surface area contributed by atoms with Crippen molar-refractivity contribution in [3.05, 3.63) is 0 Å². The van der Waals surface area contributed by atoms with Gasteiger partial charge in [-0.05, 0) is 33.7 Å². The predicted molar refractivity (Wildman–Crippen MR) is 52.4 cm³/mol. The van der Waals surface area contributed by atoms with E-state index in [1.807, 2.05) is 13.8 Å². The van der Waals surface area contributed by atoms with Crippen molar-refractivity contribution in [2.45, 2.75) is 38.8 Å². The highest BCUT2D eigenvalue weighted by molar-refractivity contribution is 5.81. The van der Waals surface area contributed by atoms with Crippen molar-refractivity contribution in [3.8, 4) is 0 Å². The van der Waals surface area contributed by atoms with Gasteiger partial charge >= 0.3 is 0 Å². The molecule has 13 heavy (non-hydrogen) atoms. The Kier molecular flexibility index (Phi) is 6.54. The molecule has 0 aliphatic heterocycles. The Labute approximate surface area is 79.7 Å². The summed E-state index contributed by atoms with van der Waals surface area (Å²) in [6.45, 7) is 3.94. The fraction of sp³-hybridized carbons (Fsp3) is 0.889. The van der Waals surface area contributed by atoms with Crippen LogP contribution in [0.2, 0.25) is 0 Å². The zero-order chi connectivity index (χ0) is 10.3. The van der Waals surface area contributed by atoms with E-state index in [1.165, 1.54) is 0 Å². The van der Waals surface area contributed by atoms with Crippen LogP contribution in [0.3, 0.4) is 0 Å². The van der Waals surface area contributed by atoms with E-state index < -0.39 is 0 Å². The summed E-state index contributed by atoms with van der Waals surface area (Å²) in [5.41, 5.74) is 0. The van der Waals surface area contributed by atoms with Crippen LogP contribution in [0.5, 0.6) is 0 Å². The molecule has 2 atom stereocenters. The summed E-state index contributed by atoms with van der Waals surface area (Å²) in [5, 5.41) is 14.3. The molecule has 0 aromatic heterocycles. The zero-order valence-corrected chi connectivity index (χ0v) is 8.63. The van der Waals surface area contributed by atoms with E-state index in [4.69, 9.17) is 5.11 Å². The molecule has 0 aliphatic carbocycles. The number of amides is 1. The largest absolute Gasteiger partial charge is 0.396 e. The summed E-state index contributed by atoms with van der Waals surface area (Å²) in [4.78, 5) is 11.3. The molecular formula is C9H20N2O2.